The number of aromatic nitrogens is 1. The third-order valence-electron chi connectivity index (χ3n) is 2.55. The highest BCUT2D eigenvalue weighted by Crippen LogP contribution is 2.27. The lowest BCUT2D eigenvalue weighted by Gasteiger charge is -2.08. The van der Waals surface area contributed by atoms with E-state index in [0.29, 0.717) is 11.9 Å². The van der Waals surface area contributed by atoms with Gasteiger partial charge in [-0.15, -0.1) is 0 Å². The van der Waals surface area contributed by atoms with Crippen LogP contribution in [0.4, 0.5) is 4.39 Å². The normalized spacial score (nSPS) is 12.4. The van der Waals surface area contributed by atoms with E-state index in [1.807, 2.05) is 11.5 Å². The van der Waals surface area contributed by atoms with Crippen LogP contribution in [0.15, 0.2) is 29.5 Å². The van der Waals surface area contributed by atoms with E-state index in [2.05, 4.69) is 10.0 Å². The van der Waals surface area contributed by atoms with E-state index in [9.17, 15) is 4.39 Å². The van der Waals surface area contributed by atoms with E-state index in [1.165, 1.54) is 6.07 Å². The van der Waals surface area contributed by atoms with Gasteiger partial charge in [0.1, 0.15) is 5.82 Å². The smallest absolute Gasteiger partial charge is 0.142 e. The molecule has 0 saturated heterocycles. The van der Waals surface area contributed by atoms with Gasteiger partial charge >= 0.3 is 0 Å². The quantitative estimate of drug-likeness (QED) is 0.448. The van der Waals surface area contributed by atoms with Crippen molar-refractivity contribution in [2.24, 2.45) is 5.11 Å². The summed E-state index contributed by atoms with van der Waals surface area (Å²) in [7, 11) is 0. The first-order chi connectivity index (χ1) is 8.13. The van der Waals surface area contributed by atoms with Crippen molar-refractivity contribution in [3.63, 3.8) is 0 Å². The molecule has 2 rings (SSSR count). The second-order valence-corrected chi connectivity index (χ2v) is 4.19. The van der Waals surface area contributed by atoms with Gasteiger partial charge in [0.05, 0.1) is 11.1 Å². The number of azide groups is 1. The fraction of sp³-hybridized carbons (Fsp3) is 0.273. The standard InChI is InChI=1S/C11H10ClFN4/c1-7(15-16-14)6-17-5-4-8-10(17)3-2-9(13)11(8)12/h2-5,7H,6H2,1H3/t7-/m0/s1. The highest BCUT2D eigenvalue weighted by atomic mass is 35.5. The van der Waals surface area contributed by atoms with Gasteiger partial charge in [0, 0.05) is 28.6 Å². The minimum absolute atomic E-state index is 0.123. The largest absolute Gasteiger partial charge is 0.347 e. The average molecular weight is 253 g/mol. The lowest BCUT2D eigenvalue weighted by molar-refractivity contribution is 0.601. The molecule has 1 atom stereocenters. The van der Waals surface area contributed by atoms with Crippen molar-refractivity contribution in [3.05, 3.63) is 45.7 Å². The first kappa shape index (κ1) is 11.8. The van der Waals surface area contributed by atoms with E-state index in [4.69, 9.17) is 17.1 Å². The summed E-state index contributed by atoms with van der Waals surface area (Å²) in [6.07, 6.45) is 1.80. The van der Waals surface area contributed by atoms with E-state index in [-0.39, 0.29) is 11.1 Å². The maximum absolute atomic E-state index is 13.2. The van der Waals surface area contributed by atoms with Gasteiger partial charge in [-0.2, -0.15) is 0 Å². The number of hydrogen-bond acceptors (Lipinski definition) is 1. The molecule has 0 bridgehead atoms. The van der Waals surface area contributed by atoms with Gasteiger partial charge in [0.15, 0.2) is 0 Å². The molecule has 88 valence electrons. The lowest BCUT2D eigenvalue weighted by Crippen LogP contribution is -2.08. The van der Waals surface area contributed by atoms with Crippen LogP contribution in [-0.2, 0) is 6.54 Å². The topological polar surface area (TPSA) is 53.7 Å². The molecule has 1 heterocycles. The predicted octanol–water partition coefficient (Wildman–Crippen LogP) is 4.13. The zero-order valence-corrected chi connectivity index (χ0v) is 9.89. The van der Waals surface area contributed by atoms with Crippen LogP contribution in [0.25, 0.3) is 21.3 Å². The van der Waals surface area contributed by atoms with E-state index in [1.54, 1.807) is 18.3 Å². The van der Waals surface area contributed by atoms with Crippen LogP contribution in [0.1, 0.15) is 6.92 Å². The first-order valence-electron chi connectivity index (χ1n) is 5.10. The van der Waals surface area contributed by atoms with Crippen LogP contribution >= 0.6 is 11.6 Å². The molecule has 0 aliphatic heterocycles. The summed E-state index contributed by atoms with van der Waals surface area (Å²) < 4.78 is 15.1. The number of rotatable bonds is 3. The highest BCUT2D eigenvalue weighted by Gasteiger charge is 2.10. The summed E-state index contributed by atoms with van der Waals surface area (Å²) in [5.74, 6) is -0.431. The molecule has 17 heavy (non-hydrogen) atoms. The minimum Gasteiger partial charge on any atom is -0.347 e. The lowest BCUT2D eigenvalue weighted by atomic mass is 10.2. The molecule has 0 fully saturated rings. The van der Waals surface area contributed by atoms with Crippen LogP contribution in [-0.4, -0.2) is 10.6 Å². The van der Waals surface area contributed by atoms with Gasteiger partial charge < -0.3 is 4.57 Å². The molecule has 0 unspecified atom stereocenters. The van der Waals surface area contributed by atoms with Crippen molar-refractivity contribution in [1.82, 2.24) is 4.57 Å². The number of nitrogens with zero attached hydrogens (tertiary/aromatic N) is 4. The number of hydrogen-bond donors (Lipinski definition) is 0. The van der Waals surface area contributed by atoms with Crippen LogP contribution in [0.2, 0.25) is 5.02 Å². The Morgan fingerprint density at radius 3 is 3.00 bits per heavy atom. The van der Waals surface area contributed by atoms with Gasteiger partial charge in [0.2, 0.25) is 0 Å². The molecular formula is C11H10ClFN4. The monoisotopic (exact) mass is 252 g/mol. The van der Waals surface area contributed by atoms with Gasteiger partial charge in [-0.25, -0.2) is 4.39 Å². The fourth-order valence-electron chi connectivity index (χ4n) is 1.78. The second kappa shape index (κ2) is 4.65. The van der Waals surface area contributed by atoms with Crippen molar-refractivity contribution in [2.45, 2.75) is 19.5 Å². The number of benzene rings is 1. The molecule has 0 N–H and O–H groups in total. The summed E-state index contributed by atoms with van der Waals surface area (Å²) in [6.45, 7) is 2.35. The van der Waals surface area contributed by atoms with Crippen molar-refractivity contribution in [2.75, 3.05) is 0 Å². The minimum atomic E-state index is -0.431. The van der Waals surface area contributed by atoms with Crippen LogP contribution < -0.4 is 0 Å². The molecule has 0 aliphatic carbocycles. The first-order valence-corrected chi connectivity index (χ1v) is 5.48. The summed E-state index contributed by atoms with van der Waals surface area (Å²) in [4.78, 5) is 2.75. The predicted molar refractivity (Wildman–Crippen MR) is 65.5 cm³/mol. The SMILES string of the molecule is C[C@@H](Cn1ccc2c(Cl)c(F)ccc21)N=[N+]=[N-]. The Balaban J connectivity index is 2.43. The molecule has 0 saturated carbocycles. The van der Waals surface area contributed by atoms with Crippen molar-refractivity contribution < 1.29 is 4.39 Å². The molecule has 6 heteroatoms. The molecule has 1 aromatic carbocycles. The van der Waals surface area contributed by atoms with Gasteiger partial charge in [-0.3, -0.25) is 0 Å². The summed E-state index contributed by atoms with van der Waals surface area (Å²) in [5, 5.41) is 4.39. The average Bonchev–Trinajstić information content (AvgIpc) is 2.68. The molecule has 2 aromatic rings. The maximum Gasteiger partial charge on any atom is 0.142 e. The zero-order chi connectivity index (χ0) is 12.4. The molecule has 0 amide bonds. The van der Waals surface area contributed by atoms with Crippen molar-refractivity contribution in [3.8, 4) is 0 Å². The van der Waals surface area contributed by atoms with Crippen molar-refractivity contribution in [1.29, 1.82) is 0 Å². The Labute approximate surface area is 102 Å². The zero-order valence-electron chi connectivity index (χ0n) is 9.14. The molecular weight excluding hydrogens is 243 g/mol. The number of halogens is 2. The molecule has 0 radical (unpaired) electrons. The van der Waals surface area contributed by atoms with E-state index < -0.39 is 5.82 Å². The van der Waals surface area contributed by atoms with Crippen LogP contribution in [0, 0.1) is 5.82 Å². The van der Waals surface area contributed by atoms with Gasteiger partial charge in [-0.1, -0.05) is 23.6 Å². The Kier molecular flexibility index (Phi) is 3.22. The Morgan fingerprint density at radius 2 is 2.29 bits per heavy atom. The third kappa shape index (κ3) is 2.20. The number of fused-ring (bicyclic) bond motifs is 1. The van der Waals surface area contributed by atoms with Crippen LogP contribution in [0.5, 0.6) is 0 Å². The van der Waals surface area contributed by atoms with Crippen LogP contribution in [0.3, 0.4) is 0 Å². The summed E-state index contributed by atoms with van der Waals surface area (Å²) in [5.41, 5.74) is 9.17. The van der Waals surface area contributed by atoms with Gasteiger partial charge in [0.25, 0.3) is 0 Å². The maximum atomic E-state index is 13.2. The molecule has 0 aliphatic rings. The fourth-order valence-corrected chi connectivity index (χ4v) is 2.00. The third-order valence-corrected chi connectivity index (χ3v) is 2.93. The molecule has 1 aromatic heterocycles. The Bertz CT molecular complexity index is 601. The summed E-state index contributed by atoms with van der Waals surface area (Å²) in [6, 6.07) is 4.59. The Morgan fingerprint density at radius 1 is 1.53 bits per heavy atom. The van der Waals surface area contributed by atoms with E-state index in [0.717, 1.165) is 5.52 Å². The van der Waals surface area contributed by atoms with Gasteiger partial charge in [-0.05, 0) is 23.7 Å². The van der Waals surface area contributed by atoms with E-state index >= 15 is 0 Å². The summed E-state index contributed by atoms with van der Waals surface area (Å²) >= 11 is 5.87. The van der Waals surface area contributed by atoms with Crippen molar-refractivity contribution >= 4 is 22.5 Å². The molecule has 4 nitrogen and oxygen atoms in total. The Hall–Kier alpha value is -1.71. The highest BCUT2D eigenvalue weighted by molar-refractivity contribution is 6.35. The second-order valence-electron chi connectivity index (χ2n) is 3.82. The molecule has 0 spiro atoms.